The van der Waals surface area contributed by atoms with E-state index >= 15 is 0 Å². The highest BCUT2D eigenvalue weighted by Gasteiger charge is 2.18. The van der Waals surface area contributed by atoms with Crippen molar-refractivity contribution in [2.45, 2.75) is 32.6 Å². The zero-order valence-corrected chi connectivity index (χ0v) is 13.6. The van der Waals surface area contributed by atoms with E-state index in [0.29, 0.717) is 11.0 Å². The Morgan fingerprint density at radius 3 is 2.77 bits per heavy atom. The molecule has 0 aliphatic heterocycles. The fourth-order valence-electron chi connectivity index (χ4n) is 1.57. The summed E-state index contributed by atoms with van der Waals surface area (Å²) >= 11 is 1.34. The number of nitrogens with one attached hydrogen (secondary N) is 1. The second kappa shape index (κ2) is 6.85. The minimum absolute atomic E-state index is 0.0661. The van der Waals surface area contributed by atoms with Crippen LogP contribution in [0.4, 0.5) is 5.13 Å². The van der Waals surface area contributed by atoms with Gasteiger partial charge in [-0.3, -0.25) is 4.79 Å². The smallest absolute Gasteiger partial charge is 0.228 e. The molecule has 2 aromatic rings. The monoisotopic (exact) mass is 321 g/mol. The van der Waals surface area contributed by atoms with Crippen LogP contribution in [0, 0.1) is 0 Å². The Kier molecular flexibility index (Phi) is 5.10. The lowest BCUT2D eigenvalue weighted by Crippen LogP contribution is -2.12. The van der Waals surface area contributed by atoms with Gasteiger partial charge in [-0.1, -0.05) is 32.1 Å². The van der Waals surface area contributed by atoms with Gasteiger partial charge < -0.3 is 14.8 Å². The van der Waals surface area contributed by atoms with Gasteiger partial charge in [0.25, 0.3) is 0 Å². The first-order valence-corrected chi connectivity index (χ1v) is 7.71. The third kappa shape index (κ3) is 4.51. The SMILES string of the molecule is CC(C)(C)c1cnc(/C=C/c2cnc(NC(=O)CCO)s2)o1. The maximum atomic E-state index is 11.4. The predicted octanol–water partition coefficient (Wildman–Crippen LogP) is 2.92. The molecule has 0 fully saturated rings. The number of nitrogens with zero attached hydrogens (tertiary/aromatic N) is 2. The van der Waals surface area contributed by atoms with Gasteiger partial charge in [0.2, 0.25) is 11.8 Å². The standard InChI is InChI=1S/C15H19N3O3S/c1-15(2,3)11-9-16-13(21-11)5-4-10-8-17-14(22-10)18-12(20)6-7-19/h4-5,8-9,19H,6-7H2,1-3H3,(H,17,18,20)/b5-4+. The van der Waals surface area contributed by atoms with Crippen molar-refractivity contribution < 1.29 is 14.3 Å². The summed E-state index contributed by atoms with van der Waals surface area (Å²) < 4.78 is 5.66. The first kappa shape index (κ1) is 16.4. The minimum atomic E-state index is -0.255. The summed E-state index contributed by atoms with van der Waals surface area (Å²) in [6.07, 6.45) is 7.05. The number of rotatable bonds is 5. The number of oxazole rings is 1. The van der Waals surface area contributed by atoms with Gasteiger partial charge in [0.1, 0.15) is 5.76 Å². The van der Waals surface area contributed by atoms with Crippen LogP contribution in [-0.4, -0.2) is 27.6 Å². The van der Waals surface area contributed by atoms with Gasteiger partial charge in [0.15, 0.2) is 5.13 Å². The van der Waals surface area contributed by atoms with Crippen molar-refractivity contribution in [3.8, 4) is 0 Å². The molecule has 118 valence electrons. The Morgan fingerprint density at radius 1 is 1.36 bits per heavy atom. The molecule has 0 radical (unpaired) electrons. The maximum absolute atomic E-state index is 11.4. The van der Waals surface area contributed by atoms with Crippen molar-refractivity contribution in [3.63, 3.8) is 0 Å². The van der Waals surface area contributed by atoms with E-state index in [4.69, 9.17) is 9.52 Å². The number of hydrogen-bond acceptors (Lipinski definition) is 6. The Morgan fingerprint density at radius 2 is 2.14 bits per heavy atom. The topological polar surface area (TPSA) is 88.2 Å². The van der Waals surface area contributed by atoms with Crippen molar-refractivity contribution in [2.24, 2.45) is 0 Å². The Hall–Kier alpha value is -1.99. The van der Waals surface area contributed by atoms with E-state index in [1.807, 2.05) is 6.08 Å². The average molecular weight is 321 g/mol. The van der Waals surface area contributed by atoms with Crippen LogP contribution in [0.2, 0.25) is 0 Å². The lowest BCUT2D eigenvalue weighted by Gasteiger charge is -2.12. The molecule has 2 N–H and O–H groups in total. The van der Waals surface area contributed by atoms with Gasteiger partial charge in [0, 0.05) is 22.6 Å². The zero-order valence-electron chi connectivity index (χ0n) is 12.8. The molecule has 2 rings (SSSR count). The van der Waals surface area contributed by atoms with E-state index in [1.54, 1.807) is 18.5 Å². The van der Waals surface area contributed by atoms with Crippen LogP contribution in [0.25, 0.3) is 12.2 Å². The molecule has 0 saturated heterocycles. The van der Waals surface area contributed by atoms with Crippen LogP contribution in [0.15, 0.2) is 16.8 Å². The molecule has 2 heterocycles. The molecule has 22 heavy (non-hydrogen) atoms. The second-order valence-electron chi connectivity index (χ2n) is 5.74. The van der Waals surface area contributed by atoms with Gasteiger partial charge in [-0.25, -0.2) is 9.97 Å². The molecule has 0 aliphatic rings. The van der Waals surface area contributed by atoms with Gasteiger partial charge in [0.05, 0.1) is 19.2 Å². The van der Waals surface area contributed by atoms with Gasteiger partial charge in [-0.05, 0) is 6.08 Å². The first-order chi connectivity index (χ1) is 10.4. The van der Waals surface area contributed by atoms with E-state index in [-0.39, 0.29) is 24.3 Å². The van der Waals surface area contributed by atoms with Gasteiger partial charge >= 0.3 is 0 Å². The van der Waals surface area contributed by atoms with E-state index in [0.717, 1.165) is 10.6 Å². The highest BCUT2D eigenvalue weighted by molar-refractivity contribution is 7.16. The molecule has 7 heteroatoms. The van der Waals surface area contributed by atoms with Crippen molar-refractivity contribution in [1.29, 1.82) is 0 Å². The van der Waals surface area contributed by atoms with Crippen LogP contribution in [0.5, 0.6) is 0 Å². The number of anilines is 1. The summed E-state index contributed by atoms with van der Waals surface area (Å²) in [5, 5.41) is 11.8. The molecule has 1 amide bonds. The number of amides is 1. The van der Waals surface area contributed by atoms with Crippen molar-refractivity contribution in [3.05, 3.63) is 28.9 Å². The summed E-state index contributed by atoms with van der Waals surface area (Å²) in [4.78, 5) is 20.5. The van der Waals surface area contributed by atoms with Crippen molar-refractivity contribution in [1.82, 2.24) is 9.97 Å². The summed E-state index contributed by atoms with van der Waals surface area (Å²) in [6, 6.07) is 0. The summed E-state index contributed by atoms with van der Waals surface area (Å²) in [5.74, 6) is 1.10. The molecule has 0 spiro atoms. The van der Waals surface area contributed by atoms with Gasteiger partial charge in [-0.15, -0.1) is 0 Å². The Bertz CT molecular complexity index is 668. The van der Waals surface area contributed by atoms with Crippen LogP contribution in [0.3, 0.4) is 0 Å². The normalized spacial score (nSPS) is 12.0. The number of carbonyl (C=O) groups is 1. The van der Waals surface area contributed by atoms with E-state index in [1.165, 1.54) is 11.3 Å². The van der Waals surface area contributed by atoms with E-state index in [9.17, 15) is 4.79 Å². The molecule has 0 atom stereocenters. The molecule has 0 saturated carbocycles. The largest absolute Gasteiger partial charge is 0.441 e. The third-order valence-electron chi connectivity index (χ3n) is 2.76. The highest BCUT2D eigenvalue weighted by Crippen LogP contribution is 2.24. The number of aliphatic hydroxyl groups is 1. The molecule has 0 aromatic carbocycles. The molecular weight excluding hydrogens is 302 g/mol. The second-order valence-corrected chi connectivity index (χ2v) is 6.80. The molecular formula is C15H19N3O3S. The number of aromatic nitrogens is 2. The van der Waals surface area contributed by atoms with Crippen LogP contribution < -0.4 is 5.32 Å². The maximum Gasteiger partial charge on any atom is 0.228 e. The van der Waals surface area contributed by atoms with Crippen LogP contribution >= 0.6 is 11.3 Å². The summed E-state index contributed by atoms with van der Waals surface area (Å²) in [5.41, 5.74) is -0.0757. The fourth-order valence-corrected chi connectivity index (χ4v) is 2.30. The summed E-state index contributed by atoms with van der Waals surface area (Å²) in [6.45, 7) is 6.01. The molecule has 0 bridgehead atoms. The van der Waals surface area contributed by atoms with Crippen molar-refractivity contribution in [2.75, 3.05) is 11.9 Å². The Balaban J connectivity index is 2.00. The summed E-state index contributed by atoms with van der Waals surface area (Å²) in [7, 11) is 0. The zero-order chi connectivity index (χ0) is 16.2. The number of carbonyl (C=O) groups excluding carboxylic acids is 1. The highest BCUT2D eigenvalue weighted by atomic mass is 32.1. The number of thiazole rings is 1. The Labute approximate surface area is 132 Å². The van der Waals surface area contributed by atoms with E-state index < -0.39 is 0 Å². The number of aliphatic hydroxyl groups excluding tert-OH is 1. The molecule has 0 unspecified atom stereocenters. The van der Waals surface area contributed by atoms with Gasteiger partial charge in [-0.2, -0.15) is 0 Å². The fraction of sp³-hybridized carbons (Fsp3) is 0.400. The lowest BCUT2D eigenvalue weighted by molar-refractivity contribution is -0.116. The quantitative estimate of drug-likeness (QED) is 0.884. The van der Waals surface area contributed by atoms with Crippen LogP contribution in [-0.2, 0) is 10.2 Å². The molecule has 6 nitrogen and oxygen atoms in total. The third-order valence-corrected chi connectivity index (χ3v) is 3.64. The first-order valence-electron chi connectivity index (χ1n) is 6.89. The molecule has 2 aromatic heterocycles. The molecule has 0 aliphatic carbocycles. The van der Waals surface area contributed by atoms with Crippen molar-refractivity contribution >= 4 is 34.5 Å². The van der Waals surface area contributed by atoms with E-state index in [2.05, 4.69) is 36.1 Å². The average Bonchev–Trinajstić information content (AvgIpc) is 3.04. The lowest BCUT2D eigenvalue weighted by atomic mass is 9.94. The van der Waals surface area contributed by atoms with Crippen LogP contribution in [0.1, 0.15) is 43.7 Å². The number of hydrogen-bond donors (Lipinski definition) is 2. The predicted molar refractivity (Wildman–Crippen MR) is 86.6 cm³/mol. The minimum Gasteiger partial charge on any atom is -0.441 e.